The van der Waals surface area contributed by atoms with Crippen LogP contribution in [0, 0.1) is 5.82 Å². The average molecular weight is 333 g/mol. The van der Waals surface area contributed by atoms with Crippen LogP contribution in [0.25, 0.3) is 10.9 Å². The first kappa shape index (κ1) is 15.4. The van der Waals surface area contributed by atoms with Crippen LogP contribution in [0.15, 0.2) is 42.5 Å². The maximum absolute atomic E-state index is 13.3. The molecule has 0 unspecified atom stereocenters. The summed E-state index contributed by atoms with van der Waals surface area (Å²) >= 11 is 6.17. The Hall–Kier alpha value is -2.53. The molecule has 2 N–H and O–H groups in total. The van der Waals surface area contributed by atoms with Crippen molar-refractivity contribution >= 4 is 28.4 Å². The van der Waals surface area contributed by atoms with Gasteiger partial charge >= 0.3 is 0 Å². The fraction of sp³-hybridized carbons (Fsp3) is 0.118. The Morgan fingerprint density at radius 1 is 1.30 bits per heavy atom. The van der Waals surface area contributed by atoms with Crippen molar-refractivity contribution in [2.75, 3.05) is 7.11 Å². The Morgan fingerprint density at radius 3 is 2.91 bits per heavy atom. The van der Waals surface area contributed by atoms with Gasteiger partial charge in [-0.05, 0) is 35.9 Å². The van der Waals surface area contributed by atoms with Crippen molar-refractivity contribution in [3.63, 3.8) is 0 Å². The molecule has 1 aromatic heterocycles. The van der Waals surface area contributed by atoms with Gasteiger partial charge in [-0.25, -0.2) is 4.39 Å². The van der Waals surface area contributed by atoms with Crippen LogP contribution in [0.1, 0.15) is 16.1 Å². The van der Waals surface area contributed by atoms with Crippen LogP contribution in [0.4, 0.5) is 4.39 Å². The second-order valence-corrected chi connectivity index (χ2v) is 5.42. The van der Waals surface area contributed by atoms with Gasteiger partial charge < -0.3 is 15.0 Å². The van der Waals surface area contributed by atoms with Gasteiger partial charge in [-0.3, -0.25) is 4.79 Å². The van der Waals surface area contributed by atoms with Gasteiger partial charge in [0.15, 0.2) is 0 Å². The van der Waals surface area contributed by atoms with Crippen molar-refractivity contribution in [2.24, 2.45) is 0 Å². The predicted molar refractivity (Wildman–Crippen MR) is 87.4 cm³/mol. The SMILES string of the molecule is COc1cccc(CNC(=O)c2[nH]c3ccc(F)cc3c2Cl)c1. The van der Waals surface area contributed by atoms with Crippen molar-refractivity contribution in [3.8, 4) is 5.75 Å². The molecule has 3 rings (SSSR count). The topological polar surface area (TPSA) is 54.1 Å². The zero-order valence-electron chi connectivity index (χ0n) is 12.3. The highest BCUT2D eigenvalue weighted by atomic mass is 35.5. The van der Waals surface area contributed by atoms with Gasteiger partial charge in [0.05, 0.1) is 12.1 Å². The van der Waals surface area contributed by atoms with Crippen molar-refractivity contribution in [1.29, 1.82) is 0 Å². The van der Waals surface area contributed by atoms with E-state index < -0.39 is 5.82 Å². The summed E-state index contributed by atoms with van der Waals surface area (Å²) in [6.07, 6.45) is 0. The normalized spacial score (nSPS) is 10.7. The molecule has 4 nitrogen and oxygen atoms in total. The second kappa shape index (κ2) is 6.30. The zero-order valence-corrected chi connectivity index (χ0v) is 13.1. The van der Waals surface area contributed by atoms with Crippen molar-refractivity contribution in [1.82, 2.24) is 10.3 Å². The van der Waals surface area contributed by atoms with E-state index in [4.69, 9.17) is 16.3 Å². The monoisotopic (exact) mass is 332 g/mol. The smallest absolute Gasteiger partial charge is 0.269 e. The van der Waals surface area contributed by atoms with E-state index >= 15 is 0 Å². The van der Waals surface area contributed by atoms with Gasteiger partial charge in [0.1, 0.15) is 17.3 Å². The first-order valence-electron chi connectivity index (χ1n) is 6.96. The molecular formula is C17H14ClFN2O2. The molecule has 1 heterocycles. The molecule has 6 heteroatoms. The minimum atomic E-state index is -0.401. The van der Waals surface area contributed by atoms with E-state index in [9.17, 15) is 9.18 Å². The quantitative estimate of drug-likeness (QED) is 0.761. The molecule has 1 amide bonds. The Morgan fingerprint density at radius 2 is 2.13 bits per heavy atom. The molecule has 0 aliphatic rings. The lowest BCUT2D eigenvalue weighted by Crippen LogP contribution is -2.23. The highest BCUT2D eigenvalue weighted by molar-refractivity contribution is 6.38. The Bertz CT molecular complexity index is 876. The van der Waals surface area contributed by atoms with Crippen LogP contribution in [0.2, 0.25) is 5.02 Å². The number of carbonyl (C=O) groups excluding carboxylic acids is 1. The maximum atomic E-state index is 13.3. The zero-order chi connectivity index (χ0) is 16.4. The number of benzene rings is 2. The number of halogens is 2. The third-order valence-corrected chi connectivity index (χ3v) is 3.90. The molecule has 118 valence electrons. The molecule has 0 aliphatic heterocycles. The summed E-state index contributed by atoms with van der Waals surface area (Å²) in [4.78, 5) is 15.2. The molecule has 3 aromatic rings. The van der Waals surface area contributed by atoms with Crippen molar-refractivity contribution < 1.29 is 13.9 Å². The molecule has 0 bridgehead atoms. The summed E-state index contributed by atoms with van der Waals surface area (Å²) in [6.45, 7) is 0.329. The minimum Gasteiger partial charge on any atom is -0.497 e. The van der Waals surface area contributed by atoms with Gasteiger partial charge in [0.25, 0.3) is 5.91 Å². The summed E-state index contributed by atoms with van der Waals surface area (Å²) in [7, 11) is 1.58. The van der Waals surface area contributed by atoms with Crippen molar-refractivity contribution in [3.05, 3.63) is 64.6 Å². The number of ether oxygens (including phenoxy) is 1. The number of hydrogen-bond acceptors (Lipinski definition) is 2. The Balaban J connectivity index is 1.79. The number of aromatic amines is 1. The molecule has 2 aromatic carbocycles. The molecule has 0 saturated heterocycles. The predicted octanol–water partition coefficient (Wildman–Crippen LogP) is 3.90. The van der Waals surface area contributed by atoms with E-state index in [1.165, 1.54) is 12.1 Å². The number of aromatic nitrogens is 1. The van der Waals surface area contributed by atoms with E-state index in [-0.39, 0.29) is 16.6 Å². The number of methoxy groups -OCH3 is 1. The van der Waals surface area contributed by atoms with Crippen LogP contribution in [0.5, 0.6) is 5.75 Å². The van der Waals surface area contributed by atoms with Gasteiger partial charge in [-0.1, -0.05) is 23.7 Å². The largest absolute Gasteiger partial charge is 0.497 e. The highest BCUT2D eigenvalue weighted by Gasteiger charge is 2.16. The number of rotatable bonds is 4. The van der Waals surface area contributed by atoms with Crippen LogP contribution in [-0.2, 0) is 6.54 Å². The standard InChI is InChI=1S/C17H14ClFN2O2/c1-23-12-4-2-3-10(7-12)9-20-17(22)16-15(18)13-8-11(19)5-6-14(13)21-16/h2-8,21H,9H2,1H3,(H,20,22). The number of carbonyl (C=O) groups is 1. The van der Waals surface area contributed by atoms with Gasteiger partial charge in [-0.15, -0.1) is 0 Å². The van der Waals surface area contributed by atoms with Gasteiger partial charge in [0.2, 0.25) is 0 Å². The second-order valence-electron chi connectivity index (χ2n) is 5.04. The van der Waals surface area contributed by atoms with Gasteiger partial charge in [-0.2, -0.15) is 0 Å². The molecule has 0 atom stereocenters. The van der Waals surface area contributed by atoms with Crippen molar-refractivity contribution in [2.45, 2.75) is 6.54 Å². The van der Waals surface area contributed by atoms with E-state index in [0.29, 0.717) is 17.4 Å². The third kappa shape index (κ3) is 3.14. The Labute approximate surface area is 137 Å². The van der Waals surface area contributed by atoms with Crippen LogP contribution < -0.4 is 10.1 Å². The van der Waals surface area contributed by atoms with Crippen LogP contribution in [-0.4, -0.2) is 18.0 Å². The minimum absolute atomic E-state index is 0.211. The summed E-state index contributed by atoms with van der Waals surface area (Å²) < 4.78 is 18.4. The fourth-order valence-corrected chi connectivity index (χ4v) is 2.63. The number of hydrogen-bond donors (Lipinski definition) is 2. The van der Waals surface area contributed by atoms with E-state index in [1.807, 2.05) is 24.3 Å². The van der Waals surface area contributed by atoms with Crippen LogP contribution in [0.3, 0.4) is 0 Å². The first-order chi connectivity index (χ1) is 11.1. The summed E-state index contributed by atoms with van der Waals surface area (Å²) in [5.74, 6) is -0.0352. The highest BCUT2D eigenvalue weighted by Crippen LogP contribution is 2.28. The van der Waals surface area contributed by atoms with E-state index in [0.717, 1.165) is 11.3 Å². The number of fused-ring (bicyclic) bond motifs is 1. The average Bonchev–Trinajstić information content (AvgIpc) is 2.89. The molecule has 0 spiro atoms. The molecule has 0 aliphatic carbocycles. The van der Waals surface area contributed by atoms with E-state index in [1.54, 1.807) is 13.2 Å². The van der Waals surface area contributed by atoms with E-state index in [2.05, 4.69) is 10.3 Å². The maximum Gasteiger partial charge on any atom is 0.269 e. The molecule has 0 radical (unpaired) electrons. The molecule has 0 saturated carbocycles. The lowest BCUT2D eigenvalue weighted by atomic mass is 10.2. The number of amides is 1. The third-order valence-electron chi connectivity index (χ3n) is 3.51. The summed E-state index contributed by atoms with van der Waals surface area (Å²) in [5, 5.41) is 3.47. The summed E-state index contributed by atoms with van der Waals surface area (Å²) in [6, 6.07) is 11.6. The number of nitrogens with one attached hydrogen (secondary N) is 2. The molecular weight excluding hydrogens is 319 g/mol. The first-order valence-corrected chi connectivity index (χ1v) is 7.34. The molecule has 0 fully saturated rings. The Kier molecular flexibility index (Phi) is 4.21. The fourth-order valence-electron chi connectivity index (χ4n) is 2.34. The van der Waals surface area contributed by atoms with Crippen LogP contribution >= 0.6 is 11.6 Å². The summed E-state index contributed by atoms with van der Waals surface area (Å²) in [5.41, 5.74) is 1.73. The lowest BCUT2D eigenvalue weighted by molar-refractivity contribution is 0.0947. The number of H-pyrrole nitrogens is 1. The van der Waals surface area contributed by atoms with Gasteiger partial charge in [0, 0.05) is 17.4 Å². The molecule has 23 heavy (non-hydrogen) atoms. The lowest BCUT2D eigenvalue weighted by Gasteiger charge is -2.06.